The van der Waals surface area contributed by atoms with E-state index in [9.17, 15) is 19.9 Å². The highest BCUT2D eigenvalue weighted by atomic mass is 35.5. The molecule has 0 aliphatic carbocycles. The van der Waals surface area contributed by atoms with E-state index in [4.69, 9.17) is 0 Å². The van der Waals surface area contributed by atoms with Crippen molar-refractivity contribution >= 4 is 24.3 Å². The fraction of sp³-hybridized carbons (Fsp3) is 0.750. The number of aliphatic carboxylic acids is 1. The molecule has 0 saturated carbocycles. The Labute approximate surface area is 150 Å². The van der Waals surface area contributed by atoms with E-state index in [1.807, 2.05) is 20.8 Å². The largest absolute Gasteiger partial charge is 0.633 e. The minimum absolute atomic E-state index is 0. The van der Waals surface area contributed by atoms with Crippen molar-refractivity contribution in [3.8, 4) is 0 Å². The van der Waals surface area contributed by atoms with Gasteiger partial charge in [0, 0.05) is 13.5 Å². The number of carbonyl (C=O) groups excluding carboxylic acids is 1. The molecule has 1 amide bonds. The average molecular weight is 364 g/mol. The molecule has 140 valence electrons. The van der Waals surface area contributed by atoms with Crippen molar-refractivity contribution in [3.05, 3.63) is 17.9 Å². The molecule has 2 unspecified atom stereocenters. The van der Waals surface area contributed by atoms with E-state index in [1.54, 1.807) is 18.0 Å². The summed E-state index contributed by atoms with van der Waals surface area (Å²) < 4.78 is -0.584. The Morgan fingerprint density at radius 3 is 2.42 bits per heavy atom. The molecular formula is C16H30ClN3O4. The molecule has 0 aromatic carbocycles. The Bertz CT molecular complexity index is 476. The summed E-state index contributed by atoms with van der Waals surface area (Å²) in [6, 6.07) is -0.727. The van der Waals surface area contributed by atoms with Crippen molar-refractivity contribution in [1.29, 1.82) is 0 Å². The lowest BCUT2D eigenvalue weighted by atomic mass is 10.1. The summed E-state index contributed by atoms with van der Waals surface area (Å²) in [6.45, 7) is 11.1. The number of likely N-dealkylation sites (tertiary alicyclic amines) is 1. The predicted octanol–water partition coefficient (Wildman–Crippen LogP) is 1.57. The third-order valence-corrected chi connectivity index (χ3v) is 4.70. The number of amides is 1. The average Bonchev–Trinajstić information content (AvgIpc) is 2.79. The zero-order valence-corrected chi connectivity index (χ0v) is 15.9. The van der Waals surface area contributed by atoms with Crippen LogP contribution in [0, 0.1) is 11.1 Å². The number of hydroxylamine groups is 3. The zero-order chi connectivity index (χ0) is 18.0. The molecule has 0 aromatic rings. The van der Waals surface area contributed by atoms with Crippen LogP contribution in [-0.4, -0.2) is 64.4 Å². The van der Waals surface area contributed by atoms with Gasteiger partial charge in [-0.2, -0.15) is 0 Å². The second kappa shape index (κ2) is 8.29. The van der Waals surface area contributed by atoms with Crippen LogP contribution in [-0.2, 0) is 9.59 Å². The Balaban J connectivity index is 0.00000529. The lowest BCUT2D eigenvalue weighted by molar-refractivity contribution is -0.910. The third-order valence-electron chi connectivity index (χ3n) is 4.70. The first-order valence-corrected chi connectivity index (χ1v) is 7.84. The van der Waals surface area contributed by atoms with E-state index in [0.717, 1.165) is 0 Å². The summed E-state index contributed by atoms with van der Waals surface area (Å²) in [7, 11) is 1.55. The van der Waals surface area contributed by atoms with Gasteiger partial charge in [-0.25, -0.2) is 0 Å². The van der Waals surface area contributed by atoms with Gasteiger partial charge in [0.1, 0.15) is 18.8 Å². The van der Waals surface area contributed by atoms with E-state index in [-0.39, 0.29) is 30.8 Å². The molecule has 1 heterocycles. The lowest BCUT2D eigenvalue weighted by Gasteiger charge is -2.52. The monoisotopic (exact) mass is 363 g/mol. The normalized spacial score (nSPS) is 25.2. The number of hydrogen-bond acceptors (Lipinski definition) is 4. The molecule has 1 aliphatic heterocycles. The smallest absolute Gasteiger partial charge is 0.321 e. The quantitative estimate of drug-likeness (QED) is 0.424. The van der Waals surface area contributed by atoms with E-state index in [1.165, 1.54) is 6.92 Å². The zero-order valence-electron chi connectivity index (χ0n) is 15.1. The summed E-state index contributed by atoms with van der Waals surface area (Å²) >= 11 is 0. The molecule has 0 radical (unpaired) electrons. The van der Waals surface area contributed by atoms with E-state index in [2.05, 4.69) is 11.9 Å². The maximum Gasteiger partial charge on any atom is 0.321 e. The number of hydrogen-bond donors (Lipinski definition) is 2. The molecule has 0 spiro atoms. The highest BCUT2D eigenvalue weighted by Gasteiger charge is 2.43. The SMILES string of the molecule is C=C[C@@H]1C[C@@H](C(=O)O)N(C(C[N+](C)([O-])C(C)(C)C)NC(C)=O)C1.Cl. The van der Waals surface area contributed by atoms with Crippen molar-refractivity contribution in [2.45, 2.75) is 51.9 Å². The molecule has 0 bridgehead atoms. The highest BCUT2D eigenvalue weighted by Crippen LogP contribution is 2.28. The van der Waals surface area contributed by atoms with Gasteiger partial charge in [0.15, 0.2) is 0 Å². The van der Waals surface area contributed by atoms with Crippen molar-refractivity contribution < 1.29 is 19.3 Å². The number of nitrogens with zero attached hydrogens (tertiary/aromatic N) is 2. The Kier molecular flexibility index (Phi) is 7.89. The first-order valence-electron chi connectivity index (χ1n) is 7.84. The summed E-state index contributed by atoms with van der Waals surface area (Å²) in [6.07, 6.45) is 1.54. The molecule has 24 heavy (non-hydrogen) atoms. The molecule has 1 fully saturated rings. The Morgan fingerprint density at radius 1 is 1.50 bits per heavy atom. The number of likely N-dealkylation sites (N-methyl/N-ethyl adjacent to an activating group) is 1. The van der Waals surface area contributed by atoms with Crippen molar-refractivity contribution in [2.75, 3.05) is 20.1 Å². The van der Waals surface area contributed by atoms with Gasteiger partial charge < -0.3 is 20.3 Å². The highest BCUT2D eigenvalue weighted by molar-refractivity contribution is 5.85. The van der Waals surface area contributed by atoms with Gasteiger partial charge in [-0.05, 0) is 33.1 Å². The number of carbonyl (C=O) groups is 2. The van der Waals surface area contributed by atoms with Gasteiger partial charge in [-0.1, -0.05) is 6.08 Å². The molecule has 7 nitrogen and oxygen atoms in total. The van der Waals surface area contributed by atoms with Crippen LogP contribution in [0.3, 0.4) is 0 Å². The second-order valence-corrected chi connectivity index (χ2v) is 7.45. The molecule has 0 aromatic heterocycles. The molecule has 1 saturated heterocycles. The van der Waals surface area contributed by atoms with Gasteiger partial charge in [0.2, 0.25) is 5.91 Å². The van der Waals surface area contributed by atoms with Crippen LogP contribution in [0.1, 0.15) is 34.1 Å². The molecule has 1 aliphatic rings. The van der Waals surface area contributed by atoms with Crippen LogP contribution in [0.15, 0.2) is 12.7 Å². The first-order chi connectivity index (χ1) is 10.4. The van der Waals surface area contributed by atoms with Gasteiger partial charge >= 0.3 is 5.97 Å². The first kappa shape index (κ1) is 22.9. The maximum atomic E-state index is 12.9. The van der Waals surface area contributed by atoms with Gasteiger partial charge in [-0.3, -0.25) is 14.5 Å². The molecule has 4 atom stereocenters. The molecular weight excluding hydrogens is 334 g/mol. The topological polar surface area (TPSA) is 92.7 Å². The number of rotatable bonds is 6. The number of carboxylic acids is 1. The van der Waals surface area contributed by atoms with Crippen LogP contribution in [0.5, 0.6) is 0 Å². The van der Waals surface area contributed by atoms with E-state index in [0.29, 0.717) is 13.0 Å². The third kappa shape index (κ3) is 5.44. The van der Waals surface area contributed by atoms with Gasteiger partial charge in [0.25, 0.3) is 0 Å². The van der Waals surface area contributed by atoms with Crippen LogP contribution in [0.2, 0.25) is 0 Å². The maximum absolute atomic E-state index is 12.9. The van der Waals surface area contributed by atoms with Gasteiger partial charge in [0.05, 0.1) is 12.6 Å². The summed E-state index contributed by atoms with van der Waals surface area (Å²) in [5.41, 5.74) is -0.576. The van der Waals surface area contributed by atoms with E-state index >= 15 is 0 Å². The lowest BCUT2D eigenvalue weighted by Crippen LogP contribution is -2.63. The van der Waals surface area contributed by atoms with Crippen molar-refractivity contribution in [3.63, 3.8) is 0 Å². The fourth-order valence-corrected chi connectivity index (χ4v) is 2.72. The van der Waals surface area contributed by atoms with E-state index < -0.39 is 28.4 Å². The Hall–Kier alpha value is -1.15. The van der Waals surface area contributed by atoms with Crippen LogP contribution >= 0.6 is 12.4 Å². The minimum atomic E-state index is -0.944. The van der Waals surface area contributed by atoms with Crippen LogP contribution in [0.25, 0.3) is 0 Å². The van der Waals surface area contributed by atoms with Gasteiger partial charge in [-0.15, -0.1) is 19.0 Å². The molecule has 2 N–H and O–H groups in total. The predicted molar refractivity (Wildman–Crippen MR) is 95.5 cm³/mol. The fourth-order valence-electron chi connectivity index (χ4n) is 2.72. The number of quaternary nitrogens is 1. The van der Waals surface area contributed by atoms with Crippen molar-refractivity contribution in [2.24, 2.45) is 5.92 Å². The van der Waals surface area contributed by atoms with Crippen LogP contribution in [0.4, 0.5) is 0 Å². The van der Waals surface area contributed by atoms with Crippen LogP contribution < -0.4 is 5.32 Å². The Morgan fingerprint density at radius 2 is 2.04 bits per heavy atom. The number of nitrogens with one attached hydrogen (secondary N) is 1. The van der Waals surface area contributed by atoms with Crippen molar-refractivity contribution in [1.82, 2.24) is 10.2 Å². The minimum Gasteiger partial charge on any atom is -0.633 e. The summed E-state index contributed by atoms with van der Waals surface area (Å²) in [5, 5.41) is 25.1. The standard InChI is InChI=1S/C16H29N3O4.ClH/c1-7-12-8-13(15(21)22)18(9-12)14(17-11(2)20)10-19(6,23)16(3,4)5;/h7,12-14H,1,8-10H2,2-6H3,(H,17,20)(H,21,22);1H/t12-,13+,14?,19?;/m1./s1. The number of carboxylic acid groups (broad SMARTS) is 1. The summed E-state index contributed by atoms with van der Waals surface area (Å²) in [4.78, 5) is 24.8. The second-order valence-electron chi connectivity index (χ2n) is 7.45. The number of halogens is 1. The molecule has 1 rings (SSSR count). The summed E-state index contributed by atoms with van der Waals surface area (Å²) in [5.74, 6) is -1.19. The molecule has 8 heteroatoms.